The van der Waals surface area contributed by atoms with E-state index >= 15 is 0 Å². The lowest BCUT2D eigenvalue weighted by atomic mass is 9.89. The number of aryl methyl sites for hydroxylation is 1. The lowest BCUT2D eigenvalue weighted by molar-refractivity contribution is 0.141. The highest BCUT2D eigenvalue weighted by Crippen LogP contribution is 2.41. The average molecular weight is 470 g/mol. The molecule has 0 unspecified atom stereocenters. The summed E-state index contributed by atoms with van der Waals surface area (Å²) in [6, 6.07) is 0.933. The highest BCUT2D eigenvalue weighted by molar-refractivity contribution is 5.84. The molecule has 2 aromatic rings. The van der Waals surface area contributed by atoms with Gasteiger partial charge in [0, 0.05) is 23.5 Å². The number of amides is 1. The van der Waals surface area contributed by atoms with E-state index in [-0.39, 0.29) is 12.2 Å². The van der Waals surface area contributed by atoms with Crippen LogP contribution in [0.1, 0.15) is 94.0 Å². The summed E-state index contributed by atoms with van der Waals surface area (Å²) in [5, 5.41) is 8.95. The number of hydrogen-bond acceptors (Lipinski definition) is 5. The fourth-order valence-electron chi connectivity index (χ4n) is 6.44. The first-order valence-electron chi connectivity index (χ1n) is 13.5. The first-order chi connectivity index (χ1) is 16.7. The van der Waals surface area contributed by atoms with Crippen LogP contribution in [0, 0.1) is 0 Å². The van der Waals surface area contributed by atoms with E-state index in [2.05, 4.69) is 15.2 Å². The van der Waals surface area contributed by atoms with E-state index < -0.39 is 6.09 Å². The second-order valence-electron chi connectivity index (χ2n) is 10.2. The quantitative estimate of drug-likeness (QED) is 0.619. The predicted octanol–water partition coefficient (Wildman–Crippen LogP) is 4.21. The molecule has 2 fully saturated rings. The van der Waals surface area contributed by atoms with Crippen LogP contribution in [0.4, 0.5) is 4.79 Å². The topological polar surface area (TPSA) is 92.2 Å². The van der Waals surface area contributed by atoms with Crippen LogP contribution >= 0.6 is 0 Å². The molecule has 1 amide bonds. The van der Waals surface area contributed by atoms with Crippen LogP contribution in [-0.4, -0.2) is 51.5 Å². The Bertz CT molecular complexity index is 1070. The van der Waals surface area contributed by atoms with Crippen molar-refractivity contribution in [2.24, 2.45) is 0 Å². The summed E-state index contributed by atoms with van der Waals surface area (Å²) in [7, 11) is 0. The van der Waals surface area contributed by atoms with Crippen molar-refractivity contribution in [1.82, 2.24) is 25.0 Å². The number of ether oxygens (including phenoxy) is 1. The molecule has 2 aliphatic carbocycles. The summed E-state index contributed by atoms with van der Waals surface area (Å²) < 4.78 is 7.21. The molecule has 1 saturated carbocycles. The Morgan fingerprint density at radius 3 is 2.59 bits per heavy atom. The maximum absolute atomic E-state index is 13.0. The van der Waals surface area contributed by atoms with Gasteiger partial charge in [0.2, 0.25) is 0 Å². The Kier molecular flexibility index (Phi) is 7.23. The summed E-state index contributed by atoms with van der Waals surface area (Å²) in [4.78, 5) is 30.6. The van der Waals surface area contributed by atoms with E-state index in [1.54, 1.807) is 0 Å². The third kappa shape index (κ3) is 4.61. The van der Waals surface area contributed by atoms with Gasteiger partial charge in [-0.25, -0.2) is 9.48 Å². The lowest BCUT2D eigenvalue weighted by Crippen LogP contribution is -2.35. The molecule has 2 N–H and O–H groups in total. The van der Waals surface area contributed by atoms with Crippen molar-refractivity contribution < 1.29 is 9.53 Å². The van der Waals surface area contributed by atoms with E-state index in [1.165, 1.54) is 50.5 Å². The fraction of sp³-hybridized carbons (Fsp3) is 0.731. The second-order valence-corrected chi connectivity index (χ2v) is 10.2. The highest BCUT2D eigenvalue weighted by Gasteiger charge is 2.36. The first kappa shape index (κ1) is 23.4. The van der Waals surface area contributed by atoms with Crippen LogP contribution in [0.3, 0.4) is 0 Å². The Morgan fingerprint density at radius 1 is 1.06 bits per heavy atom. The summed E-state index contributed by atoms with van der Waals surface area (Å²) >= 11 is 0. The molecule has 0 spiro atoms. The summed E-state index contributed by atoms with van der Waals surface area (Å²) in [6.45, 7) is 4.18. The number of pyridine rings is 1. The normalized spacial score (nSPS) is 22.0. The Labute approximate surface area is 201 Å². The van der Waals surface area contributed by atoms with Crippen LogP contribution in [0.15, 0.2) is 4.79 Å². The number of aromatic nitrogens is 3. The Morgan fingerprint density at radius 2 is 1.82 bits per heavy atom. The minimum Gasteiger partial charge on any atom is -0.448 e. The molecule has 8 heteroatoms. The van der Waals surface area contributed by atoms with Gasteiger partial charge in [-0.2, -0.15) is 5.10 Å². The lowest BCUT2D eigenvalue weighted by Gasteiger charge is -2.32. The van der Waals surface area contributed by atoms with Gasteiger partial charge < -0.3 is 15.0 Å². The molecule has 0 bridgehead atoms. The van der Waals surface area contributed by atoms with Gasteiger partial charge in [0.25, 0.3) is 5.56 Å². The third-order valence-corrected chi connectivity index (χ3v) is 8.02. The zero-order valence-electron chi connectivity index (χ0n) is 20.5. The molecular formula is C26H39N5O3. The van der Waals surface area contributed by atoms with E-state index in [4.69, 9.17) is 9.84 Å². The van der Waals surface area contributed by atoms with Gasteiger partial charge in [-0.3, -0.25) is 9.69 Å². The van der Waals surface area contributed by atoms with Crippen molar-refractivity contribution in [2.45, 2.75) is 103 Å². The number of hydrogen-bond donors (Lipinski definition) is 2. The number of fused-ring (bicyclic) bond motifs is 3. The molecule has 1 atom stereocenters. The van der Waals surface area contributed by atoms with Crippen LogP contribution in [0.25, 0.3) is 11.0 Å². The molecular weight excluding hydrogens is 430 g/mol. The van der Waals surface area contributed by atoms with E-state index in [9.17, 15) is 9.59 Å². The van der Waals surface area contributed by atoms with Gasteiger partial charge >= 0.3 is 6.09 Å². The van der Waals surface area contributed by atoms with Crippen molar-refractivity contribution in [2.75, 3.05) is 19.7 Å². The van der Waals surface area contributed by atoms with Crippen LogP contribution in [-0.2, 0) is 24.1 Å². The highest BCUT2D eigenvalue weighted by atomic mass is 16.5. The van der Waals surface area contributed by atoms with E-state index in [0.717, 1.165) is 60.9 Å². The fourth-order valence-corrected chi connectivity index (χ4v) is 6.44. The van der Waals surface area contributed by atoms with Gasteiger partial charge in [0.1, 0.15) is 12.3 Å². The van der Waals surface area contributed by atoms with Gasteiger partial charge in [-0.05, 0) is 70.4 Å². The number of aromatic amines is 1. The second kappa shape index (κ2) is 10.5. The third-order valence-electron chi connectivity index (χ3n) is 8.02. The van der Waals surface area contributed by atoms with Crippen molar-refractivity contribution in [1.29, 1.82) is 0 Å². The summed E-state index contributed by atoms with van der Waals surface area (Å²) in [5.74, 6) is 0. The molecule has 5 rings (SSSR count). The minimum absolute atomic E-state index is 0.0200. The smallest absolute Gasteiger partial charge is 0.407 e. The van der Waals surface area contributed by atoms with Gasteiger partial charge in [0.05, 0.1) is 18.3 Å². The number of alkyl carbamates (subject to hydrolysis) is 1. The van der Waals surface area contributed by atoms with E-state index in [0.29, 0.717) is 25.2 Å². The molecule has 2 aromatic heterocycles. The maximum atomic E-state index is 13.0. The van der Waals surface area contributed by atoms with Crippen LogP contribution in [0.5, 0.6) is 0 Å². The number of nitrogens with one attached hydrogen (secondary N) is 2. The van der Waals surface area contributed by atoms with Crippen LogP contribution < -0.4 is 10.9 Å². The van der Waals surface area contributed by atoms with Crippen LogP contribution in [0.2, 0.25) is 0 Å². The molecule has 34 heavy (non-hydrogen) atoms. The number of rotatable bonds is 6. The van der Waals surface area contributed by atoms with Crippen molar-refractivity contribution in [3.63, 3.8) is 0 Å². The summed E-state index contributed by atoms with van der Waals surface area (Å²) in [5.41, 5.74) is 4.12. The van der Waals surface area contributed by atoms with Gasteiger partial charge in [-0.1, -0.05) is 25.7 Å². The number of carbonyl (C=O) groups excluding carboxylic acids is 1. The number of H-pyrrole nitrogens is 1. The molecule has 186 valence electrons. The molecule has 1 saturated heterocycles. The van der Waals surface area contributed by atoms with Crippen molar-refractivity contribution in [3.05, 3.63) is 27.2 Å². The first-order valence-corrected chi connectivity index (χ1v) is 13.5. The zero-order chi connectivity index (χ0) is 23.5. The minimum atomic E-state index is -0.416. The predicted molar refractivity (Wildman–Crippen MR) is 132 cm³/mol. The largest absolute Gasteiger partial charge is 0.448 e. The van der Waals surface area contributed by atoms with E-state index in [1.807, 2.05) is 11.6 Å². The molecule has 1 aliphatic heterocycles. The number of nitrogens with zero attached hydrogens (tertiary/aromatic N) is 3. The molecule has 0 radical (unpaired) electrons. The molecule has 3 heterocycles. The summed E-state index contributed by atoms with van der Waals surface area (Å²) in [6.07, 6.45) is 13.8. The number of carbonyl (C=O) groups is 1. The Balaban J connectivity index is 1.52. The SMILES string of the molecule is CCNC(=O)OCCn1nc([C@H]2CCCN2C2CCCCCC2)c2c3c(c(=O)[nH]c21)CCCC3. The monoisotopic (exact) mass is 469 g/mol. The molecule has 8 nitrogen and oxygen atoms in total. The molecule has 0 aromatic carbocycles. The number of likely N-dealkylation sites (tertiary alicyclic amines) is 1. The van der Waals surface area contributed by atoms with Gasteiger partial charge in [-0.15, -0.1) is 0 Å². The van der Waals surface area contributed by atoms with Gasteiger partial charge in [0.15, 0.2) is 0 Å². The van der Waals surface area contributed by atoms with Crippen molar-refractivity contribution >= 4 is 17.1 Å². The van der Waals surface area contributed by atoms with Crippen molar-refractivity contribution in [3.8, 4) is 0 Å². The maximum Gasteiger partial charge on any atom is 0.407 e. The standard InChI is InChI=1S/C26H39N5O3/c1-2-27-26(33)34-17-16-31-24-22(19-12-7-8-13-20(19)25(32)28-24)23(29-31)21-14-9-15-30(21)18-10-5-3-4-6-11-18/h18,21H,2-17H2,1H3,(H,27,33)(H,28,32)/t21-/m1/s1. The molecule has 3 aliphatic rings. The Hall–Kier alpha value is -2.35. The zero-order valence-corrected chi connectivity index (χ0v) is 20.5. The average Bonchev–Trinajstić information content (AvgIpc) is 3.35.